The monoisotopic (exact) mass is 866 g/mol. The first kappa shape index (κ1) is 43.9. The van der Waals surface area contributed by atoms with E-state index in [-0.39, 0.29) is 59.5 Å². The molecule has 2 saturated heterocycles. The number of anilines is 2. The van der Waals surface area contributed by atoms with E-state index in [9.17, 15) is 29.4 Å². The molecule has 0 aliphatic carbocycles. The van der Waals surface area contributed by atoms with Crippen molar-refractivity contribution < 1.29 is 38.8 Å². The fourth-order valence-corrected chi connectivity index (χ4v) is 8.20. The molecule has 1 unspecified atom stereocenters. The van der Waals surface area contributed by atoms with Gasteiger partial charge in [0.1, 0.15) is 17.6 Å². The van der Waals surface area contributed by atoms with Crippen LogP contribution in [0.15, 0.2) is 95.8 Å². The van der Waals surface area contributed by atoms with Crippen molar-refractivity contribution in [3.63, 3.8) is 0 Å². The third-order valence-electron chi connectivity index (χ3n) is 11.3. The third kappa shape index (κ3) is 11.2. The van der Waals surface area contributed by atoms with Crippen LogP contribution in [0.1, 0.15) is 42.9 Å². The minimum Gasteiger partial charge on any atom is -0.506 e. The lowest BCUT2D eigenvalue weighted by molar-refractivity contribution is -0.130. The Balaban J connectivity index is 0.794. The standard InChI is InChI=1S/C46H51ClN6O9/c1-60-41-24-38(36(47)23-31(41)25-48-26-40(55)34-11-13-39(54)44-35(34)12-14-42(56)51-44)50-45(58)61-28-29-15-22-53(27-29)43(57)18-21-52-19-16-32(17-20-52)62-46(59)49-37-10-6-5-9-33(37)30-7-3-2-4-8-30/h2-14,23-24,29,32,40,48,54-55H,15-22,25-28H2,1H3,(H,49,59)(H,50,58)(H,51,56)/t29-,40?/m1/s1. The van der Waals surface area contributed by atoms with E-state index in [1.54, 1.807) is 24.3 Å². The predicted molar refractivity (Wildman–Crippen MR) is 237 cm³/mol. The molecule has 16 heteroatoms. The number of aromatic hydroxyl groups is 1. The first-order valence-corrected chi connectivity index (χ1v) is 21.1. The van der Waals surface area contributed by atoms with Gasteiger partial charge in [-0.2, -0.15) is 0 Å². The van der Waals surface area contributed by atoms with Crippen molar-refractivity contribution in [2.24, 2.45) is 5.92 Å². The first-order valence-electron chi connectivity index (χ1n) is 20.7. The van der Waals surface area contributed by atoms with Crippen molar-refractivity contribution in [3.8, 4) is 22.6 Å². The van der Waals surface area contributed by atoms with Gasteiger partial charge in [-0.15, -0.1) is 0 Å². The number of fused-ring (bicyclic) bond motifs is 1. The number of amides is 3. The van der Waals surface area contributed by atoms with E-state index in [0.29, 0.717) is 79.0 Å². The molecule has 1 aromatic heterocycles. The molecule has 6 N–H and O–H groups in total. The van der Waals surface area contributed by atoms with Crippen molar-refractivity contribution in [2.75, 3.05) is 63.6 Å². The van der Waals surface area contributed by atoms with Gasteiger partial charge >= 0.3 is 12.2 Å². The number of hydrogen-bond acceptors (Lipinski definition) is 11. The quantitative estimate of drug-likeness (QED) is 0.0642. The number of H-pyrrole nitrogens is 1. The van der Waals surface area contributed by atoms with Gasteiger partial charge in [0.15, 0.2) is 0 Å². The number of phenolic OH excluding ortho intramolecular Hbond substituents is 1. The number of ether oxygens (including phenoxy) is 3. The lowest BCUT2D eigenvalue weighted by Gasteiger charge is -2.31. The number of hydrogen-bond donors (Lipinski definition) is 6. The maximum Gasteiger partial charge on any atom is 0.411 e. The minimum absolute atomic E-state index is 0.000868. The molecule has 3 amide bonds. The van der Waals surface area contributed by atoms with Crippen molar-refractivity contribution in [2.45, 2.75) is 44.4 Å². The van der Waals surface area contributed by atoms with Crippen molar-refractivity contribution >= 4 is 52.0 Å². The zero-order valence-corrected chi connectivity index (χ0v) is 35.2. The lowest BCUT2D eigenvalue weighted by Crippen LogP contribution is -2.40. The number of benzene rings is 4. The molecular formula is C46H51ClN6O9. The van der Waals surface area contributed by atoms with E-state index >= 15 is 0 Å². The molecule has 15 nitrogen and oxygen atoms in total. The Bertz CT molecular complexity index is 2420. The average molecular weight is 867 g/mol. The second kappa shape index (κ2) is 20.6. The fourth-order valence-electron chi connectivity index (χ4n) is 7.97. The van der Waals surface area contributed by atoms with E-state index < -0.39 is 18.3 Å². The van der Waals surface area contributed by atoms with Crippen LogP contribution < -0.4 is 26.2 Å². The summed E-state index contributed by atoms with van der Waals surface area (Å²) in [4.78, 5) is 57.1. The van der Waals surface area contributed by atoms with E-state index in [0.717, 1.165) is 24.2 Å². The second-order valence-electron chi connectivity index (χ2n) is 15.5. The summed E-state index contributed by atoms with van der Waals surface area (Å²) in [6.45, 7) is 3.71. The average Bonchev–Trinajstić information content (AvgIpc) is 3.76. The molecule has 2 fully saturated rings. The van der Waals surface area contributed by atoms with Gasteiger partial charge in [-0.25, -0.2) is 9.59 Å². The van der Waals surface area contributed by atoms with Crippen LogP contribution in [0, 0.1) is 5.92 Å². The summed E-state index contributed by atoms with van der Waals surface area (Å²) in [5, 5.41) is 30.6. The van der Waals surface area contributed by atoms with E-state index in [1.165, 1.54) is 19.2 Å². The van der Waals surface area contributed by atoms with Gasteiger partial charge < -0.3 is 44.5 Å². The van der Waals surface area contributed by atoms with Crippen LogP contribution >= 0.6 is 11.6 Å². The Morgan fingerprint density at radius 3 is 2.45 bits per heavy atom. The highest BCUT2D eigenvalue weighted by Gasteiger charge is 2.29. The number of carbonyl (C=O) groups is 3. The number of aliphatic hydroxyl groups excluding tert-OH is 1. The number of likely N-dealkylation sites (tertiary alicyclic amines) is 2. The number of nitrogens with one attached hydrogen (secondary N) is 4. The maximum atomic E-state index is 13.1. The van der Waals surface area contributed by atoms with Crippen LogP contribution in [-0.2, 0) is 20.8 Å². The van der Waals surface area contributed by atoms with Crippen LogP contribution in [0.2, 0.25) is 5.02 Å². The normalized spacial score (nSPS) is 16.2. The smallest absolute Gasteiger partial charge is 0.411 e. The lowest BCUT2D eigenvalue weighted by atomic mass is 10.0. The summed E-state index contributed by atoms with van der Waals surface area (Å²) in [5.41, 5.74) is 4.01. The molecule has 2 atom stereocenters. The molecule has 0 radical (unpaired) electrons. The van der Waals surface area contributed by atoms with Crippen molar-refractivity contribution in [1.82, 2.24) is 20.1 Å². The van der Waals surface area contributed by atoms with Gasteiger partial charge in [-0.3, -0.25) is 20.2 Å². The predicted octanol–water partition coefficient (Wildman–Crippen LogP) is 6.89. The molecule has 2 aliphatic heterocycles. The first-order chi connectivity index (χ1) is 30.0. The van der Waals surface area contributed by atoms with E-state index in [2.05, 4.69) is 25.8 Å². The summed E-state index contributed by atoms with van der Waals surface area (Å²) < 4.78 is 16.9. The molecular weight excluding hydrogens is 816 g/mol. The Kier molecular flexibility index (Phi) is 14.6. The summed E-state index contributed by atoms with van der Waals surface area (Å²) >= 11 is 6.55. The number of aromatic nitrogens is 1. The van der Waals surface area contributed by atoms with Gasteiger partial charge in [0.05, 0.1) is 41.7 Å². The Morgan fingerprint density at radius 2 is 1.66 bits per heavy atom. The Morgan fingerprint density at radius 1 is 0.903 bits per heavy atom. The Labute approximate surface area is 363 Å². The largest absolute Gasteiger partial charge is 0.506 e. The summed E-state index contributed by atoms with van der Waals surface area (Å²) in [6, 6.07) is 26.7. The van der Waals surface area contributed by atoms with E-state index in [1.807, 2.05) is 59.5 Å². The van der Waals surface area contributed by atoms with Gasteiger partial charge in [-0.1, -0.05) is 66.2 Å². The van der Waals surface area contributed by atoms with Gasteiger partial charge in [0.2, 0.25) is 11.5 Å². The number of aromatic amines is 1. The van der Waals surface area contributed by atoms with Crippen LogP contribution in [0.5, 0.6) is 11.5 Å². The molecule has 0 saturated carbocycles. The highest BCUT2D eigenvalue weighted by Crippen LogP contribution is 2.33. The number of nitrogens with zero attached hydrogens (tertiary/aromatic N) is 2. The number of carbonyl (C=O) groups excluding carboxylic acids is 3. The molecule has 4 aromatic carbocycles. The molecule has 7 rings (SSSR count). The second-order valence-corrected chi connectivity index (χ2v) is 15.9. The summed E-state index contributed by atoms with van der Waals surface area (Å²) in [5.74, 6) is 0.414. The topological polar surface area (TPSA) is 195 Å². The number of pyridine rings is 1. The number of para-hydroxylation sites is 1. The number of halogens is 1. The highest BCUT2D eigenvalue weighted by atomic mass is 35.5. The van der Waals surface area contributed by atoms with Crippen molar-refractivity contribution in [1.29, 1.82) is 0 Å². The zero-order valence-electron chi connectivity index (χ0n) is 34.4. The van der Waals surface area contributed by atoms with Crippen LogP contribution in [0.3, 0.4) is 0 Å². The van der Waals surface area contributed by atoms with Gasteiger partial charge in [0, 0.05) is 86.8 Å². The van der Waals surface area contributed by atoms with Crippen LogP contribution in [0.25, 0.3) is 22.0 Å². The maximum absolute atomic E-state index is 13.1. The van der Waals surface area contributed by atoms with Crippen LogP contribution in [-0.4, -0.2) is 102 Å². The number of rotatable bonds is 15. The number of methoxy groups -OCH3 is 1. The number of piperidine rings is 1. The van der Waals surface area contributed by atoms with Gasteiger partial charge in [0.25, 0.3) is 0 Å². The molecule has 0 spiro atoms. The zero-order chi connectivity index (χ0) is 43.6. The summed E-state index contributed by atoms with van der Waals surface area (Å²) in [7, 11) is 1.49. The van der Waals surface area contributed by atoms with E-state index in [4.69, 9.17) is 25.8 Å². The van der Waals surface area contributed by atoms with Crippen LogP contribution in [0.4, 0.5) is 21.0 Å². The third-order valence-corrected chi connectivity index (χ3v) is 11.6. The number of aliphatic hydroxyl groups is 1. The minimum atomic E-state index is -0.958. The molecule has 3 heterocycles. The Hall–Kier alpha value is -6.13. The van der Waals surface area contributed by atoms with Gasteiger partial charge in [-0.05, 0) is 54.7 Å². The number of phenols is 1. The molecule has 62 heavy (non-hydrogen) atoms. The summed E-state index contributed by atoms with van der Waals surface area (Å²) in [6.07, 6.45) is 0.140. The molecule has 5 aromatic rings. The van der Waals surface area contributed by atoms with Crippen molar-refractivity contribution in [3.05, 3.63) is 117 Å². The molecule has 326 valence electrons. The highest BCUT2D eigenvalue weighted by molar-refractivity contribution is 6.33. The molecule has 0 bridgehead atoms. The molecule has 2 aliphatic rings. The SMILES string of the molecule is COc1cc(NC(=O)OC[C@@H]2CCN(C(=O)CCN3CCC(OC(=O)Nc4ccccc4-c4ccccc4)CC3)C2)c(Cl)cc1CNCC(O)c1ccc(O)c2[nH]c(=O)ccc12. The fraction of sp³-hybridized carbons (Fsp3) is 0.348.